The molecule has 106 valence electrons. The molecule has 6 heteroatoms. The van der Waals surface area contributed by atoms with E-state index in [9.17, 15) is 0 Å². The number of nitrogens with zero attached hydrogens (tertiary/aromatic N) is 4. The number of hydrogen-bond donors (Lipinski definition) is 1. The SMILES string of the molecule is CCc1cccc(-n2nnnc2-c2cc(N)cc(Cl)c2)c1. The molecule has 0 saturated carbocycles. The second-order valence-electron chi connectivity index (χ2n) is 4.71. The van der Waals surface area contributed by atoms with Crippen molar-refractivity contribution in [3.8, 4) is 17.1 Å². The quantitative estimate of drug-likeness (QED) is 0.754. The van der Waals surface area contributed by atoms with Gasteiger partial charge in [0.1, 0.15) is 0 Å². The maximum absolute atomic E-state index is 6.06. The lowest BCUT2D eigenvalue weighted by molar-refractivity contribution is 0.790. The van der Waals surface area contributed by atoms with Gasteiger partial charge in [-0.2, -0.15) is 4.68 Å². The summed E-state index contributed by atoms with van der Waals surface area (Å²) in [4.78, 5) is 0. The van der Waals surface area contributed by atoms with Gasteiger partial charge in [0, 0.05) is 16.3 Å². The van der Waals surface area contributed by atoms with Gasteiger partial charge >= 0.3 is 0 Å². The van der Waals surface area contributed by atoms with E-state index in [1.807, 2.05) is 12.1 Å². The zero-order valence-corrected chi connectivity index (χ0v) is 12.2. The third-order valence-electron chi connectivity index (χ3n) is 3.21. The van der Waals surface area contributed by atoms with E-state index in [0.717, 1.165) is 17.7 Å². The van der Waals surface area contributed by atoms with E-state index in [-0.39, 0.29) is 0 Å². The Labute approximate surface area is 127 Å². The van der Waals surface area contributed by atoms with Crippen LogP contribution < -0.4 is 5.73 Å². The Balaban J connectivity index is 2.12. The average Bonchev–Trinajstić information content (AvgIpc) is 2.96. The summed E-state index contributed by atoms with van der Waals surface area (Å²) in [5, 5.41) is 12.5. The van der Waals surface area contributed by atoms with Crippen molar-refractivity contribution >= 4 is 17.3 Å². The Morgan fingerprint density at radius 3 is 2.81 bits per heavy atom. The van der Waals surface area contributed by atoms with Crippen LogP contribution in [0.15, 0.2) is 42.5 Å². The van der Waals surface area contributed by atoms with Crippen molar-refractivity contribution in [1.29, 1.82) is 0 Å². The monoisotopic (exact) mass is 299 g/mol. The van der Waals surface area contributed by atoms with Crippen molar-refractivity contribution < 1.29 is 0 Å². The minimum absolute atomic E-state index is 0.557. The first-order valence-corrected chi connectivity index (χ1v) is 6.99. The van der Waals surface area contributed by atoms with E-state index in [0.29, 0.717) is 16.5 Å². The Kier molecular flexibility index (Phi) is 3.58. The van der Waals surface area contributed by atoms with Gasteiger partial charge in [0.2, 0.25) is 0 Å². The highest BCUT2D eigenvalue weighted by Crippen LogP contribution is 2.25. The number of aromatic nitrogens is 4. The van der Waals surface area contributed by atoms with Gasteiger partial charge < -0.3 is 5.73 Å². The number of tetrazole rings is 1. The number of anilines is 1. The lowest BCUT2D eigenvalue weighted by Gasteiger charge is -2.07. The molecule has 2 aromatic carbocycles. The Morgan fingerprint density at radius 1 is 1.19 bits per heavy atom. The number of hydrogen-bond acceptors (Lipinski definition) is 4. The molecule has 0 amide bonds. The normalized spacial score (nSPS) is 10.8. The summed E-state index contributed by atoms with van der Waals surface area (Å²) in [7, 11) is 0. The van der Waals surface area contributed by atoms with Crippen LogP contribution in [0.1, 0.15) is 12.5 Å². The fraction of sp³-hybridized carbons (Fsp3) is 0.133. The lowest BCUT2D eigenvalue weighted by Crippen LogP contribution is -2.01. The van der Waals surface area contributed by atoms with Gasteiger partial charge in [-0.3, -0.25) is 0 Å². The third kappa shape index (κ3) is 2.73. The van der Waals surface area contributed by atoms with Crippen molar-refractivity contribution in [3.05, 3.63) is 53.1 Å². The molecule has 1 aromatic heterocycles. The molecule has 0 atom stereocenters. The maximum atomic E-state index is 6.06. The molecular weight excluding hydrogens is 286 g/mol. The smallest absolute Gasteiger partial charge is 0.187 e. The van der Waals surface area contributed by atoms with Crippen molar-refractivity contribution in [2.45, 2.75) is 13.3 Å². The first-order chi connectivity index (χ1) is 10.2. The minimum Gasteiger partial charge on any atom is -0.399 e. The summed E-state index contributed by atoms with van der Waals surface area (Å²) in [5.41, 5.74) is 9.33. The number of rotatable bonds is 3. The van der Waals surface area contributed by atoms with Gasteiger partial charge in [-0.05, 0) is 52.7 Å². The van der Waals surface area contributed by atoms with Gasteiger partial charge in [-0.1, -0.05) is 30.7 Å². The average molecular weight is 300 g/mol. The fourth-order valence-corrected chi connectivity index (χ4v) is 2.43. The number of halogens is 1. The summed E-state index contributed by atoms with van der Waals surface area (Å²) < 4.78 is 1.68. The zero-order chi connectivity index (χ0) is 14.8. The topological polar surface area (TPSA) is 69.6 Å². The molecule has 3 rings (SSSR count). The van der Waals surface area contributed by atoms with E-state index < -0.39 is 0 Å². The molecule has 0 aliphatic heterocycles. The Bertz CT molecular complexity index is 761. The van der Waals surface area contributed by atoms with Crippen LogP contribution >= 0.6 is 11.6 Å². The molecule has 1 heterocycles. The van der Waals surface area contributed by atoms with E-state index >= 15 is 0 Å². The van der Waals surface area contributed by atoms with Crippen LogP contribution in [0.5, 0.6) is 0 Å². The van der Waals surface area contributed by atoms with E-state index in [2.05, 4.69) is 34.6 Å². The number of benzene rings is 2. The summed E-state index contributed by atoms with van der Waals surface area (Å²) in [5.74, 6) is 0.609. The van der Waals surface area contributed by atoms with Crippen LogP contribution in [0.3, 0.4) is 0 Å². The van der Waals surface area contributed by atoms with Crippen LogP contribution in [0.25, 0.3) is 17.1 Å². The predicted molar refractivity (Wildman–Crippen MR) is 83.4 cm³/mol. The van der Waals surface area contributed by atoms with Gasteiger partial charge in [0.05, 0.1) is 5.69 Å². The predicted octanol–water partition coefficient (Wildman–Crippen LogP) is 3.13. The van der Waals surface area contributed by atoms with Gasteiger partial charge in [-0.15, -0.1) is 5.10 Å². The number of nitrogens with two attached hydrogens (primary N) is 1. The molecule has 5 nitrogen and oxygen atoms in total. The maximum Gasteiger partial charge on any atom is 0.187 e. The van der Waals surface area contributed by atoms with Crippen LogP contribution in [0.4, 0.5) is 5.69 Å². The van der Waals surface area contributed by atoms with Crippen molar-refractivity contribution in [2.75, 3.05) is 5.73 Å². The zero-order valence-electron chi connectivity index (χ0n) is 11.5. The molecule has 0 radical (unpaired) electrons. The van der Waals surface area contributed by atoms with Crippen LogP contribution in [0, 0.1) is 0 Å². The standard InChI is InChI=1S/C15H14ClN5/c1-2-10-4-3-5-14(6-10)21-15(18-19-20-21)11-7-12(16)9-13(17)8-11/h3-9H,2,17H2,1H3. The Hall–Kier alpha value is -2.40. The fourth-order valence-electron chi connectivity index (χ4n) is 2.19. The largest absolute Gasteiger partial charge is 0.399 e. The van der Waals surface area contributed by atoms with Gasteiger partial charge in [0.15, 0.2) is 5.82 Å². The minimum atomic E-state index is 0.557. The van der Waals surface area contributed by atoms with Crippen LogP contribution in [0.2, 0.25) is 5.02 Å². The summed E-state index contributed by atoms with van der Waals surface area (Å²) in [6, 6.07) is 13.4. The van der Waals surface area contributed by atoms with Crippen molar-refractivity contribution in [3.63, 3.8) is 0 Å². The number of nitrogen functional groups attached to an aromatic ring is 1. The summed E-state index contributed by atoms with van der Waals surface area (Å²) in [6.07, 6.45) is 0.954. The number of aryl methyl sites for hydroxylation is 1. The molecule has 3 aromatic rings. The molecule has 0 spiro atoms. The molecule has 0 bridgehead atoms. The highest BCUT2D eigenvalue weighted by Gasteiger charge is 2.12. The molecule has 0 fully saturated rings. The molecule has 21 heavy (non-hydrogen) atoms. The molecule has 0 aliphatic carbocycles. The van der Waals surface area contributed by atoms with Crippen LogP contribution in [-0.4, -0.2) is 20.2 Å². The van der Waals surface area contributed by atoms with Gasteiger partial charge in [-0.25, -0.2) is 0 Å². The molecule has 0 saturated heterocycles. The molecule has 0 unspecified atom stereocenters. The van der Waals surface area contributed by atoms with E-state index in [1.54, 1.807) is 22.9 Å². The van der Waals surface area contributed by atoms with E-state index in [1.165, 1.54) is 5.56 Å². The molecule has 2 N–H and O–H groups in total. The van der Waals surface area contributed by atoms with Crippen molar-refractivity contribution in [1.82, 2.24) is 20.2 Å². The summed E-state index contributed by atoms with van der Waals surface area (Å²) >= 11 is 6.06. The second kappa shape index (κ2) is 5.54. The Morgan fingerprint density at radius 2 is 2.05 bits per heavy atom. The molecule has 0 aliphatic rings. The van der Waals surface area contributed by atoms with Crippen molar-refractivity contribution in [2.24, 2.45) is 0 Å². The first kappa shape index (κ1) is 13.6. The highest BCUT2D eigenvalue weighted by molar-refractivity contribution is 6.31. The van der Waals surface area contributed by atoms with E-state index in [4.69, 9.17) is 17.3 Å². The first-order valence-electron chi connectivity index (χ1n) is 6.61. The second-order valence-corrected chi connectivity index (χ2v) is 5.15. The van der Waals surface area contributed by atoms with Crippen LogP contribution in [-0.2, 0) is 6.42 Å². The highest BCUT2D eigenvalue weighted by atomic mass is 35.5. The molecular formula is C15H14ClN5. The summed E-state index contributed by atoms with van der Waals surface area (Å²) in [6.45, 7) is 2.11. The third-order valence-corrected chi connectivity index (χ3v) is 3.43. The van der Waals surface area contributed by atoms with Gasteiger partial charge in [0.25, 0.3) is 0 Å². The lowest BCUT2D eigenvalue weighted by atomic mass is 10.1.